The van der Waals surface area contributed by atoms with Gasteiger partial charge in [-0.2, -0.15) is 0 Å². The van der Waals surface area contributed by atoms with Gasteiger partial charge in [-0.25, -0.2) is 4.79 Å². The van der Waals surface area contributed by atoms with Crippen molar-refractivity contribution in [3.05, 3.63) is 52.5 Å². The van der Waals surface area contributed by atoms with Gasteiger partial charge in [0.25, 0.3) is 0 Å². The maximum Gasteiger partial charge on any atom is 0.340 e. The van der Waals surface area contributed by atoms with Gasteiger partial charge in [0.05, 0.1) is 23.8 Å². The zero-order valence-electron chi connectivity index (χ0n) is 14.1. The second kappa shape index (κ2) is 8.47. The Kier molecular flexibility index (Phi) is 6.06. The molecule has 2 aromatic rings. The van der Waals surface area contributed by atoms with Gasteiger partial charge in [-0.15, -0.1) is 11.8 Å². The van der Waals surface area contributed by atoms with Crippen molar-refractivity contribution in [3.63, 3.8) is 0 Å². The SMILES string of the molecule is CSc1ccc(Cl)c(C(=O)OCC(=O)c2ccc3c(c2)OCCCO3)c1. The van der Waals surface area contributed by atoms with Crippen LogP contribution in [-0.2, 0) is 4.74 Å². The predicted octanol–water partition coefficient (Wildman–Crippen LogP) is 4.26. The molecule has 0 N–H and O–H groups in total. The summed E-state index contributed by atoms with van der Waals surface area (Å²) in [5.74, 6) is 0.173. The Morgan fingerprint density at radius 2 is 1.88 bits per heavy atom. The topological polar surface area (TPSA) is 61.8 Å². The molecule has 0 atom stereocenters. The van der Waals surface area contributed by atoms with Crippen LogP contribution in [-0.4, -0.2) is 37.8 Å². The highest BCUT2D eigenvalue weighted by atomic mass is 35.5. The highest BCUT2D eigenvalue weighted by Crippen LogP contribution is 2.30. The summed E-state index contributed by atoms with van der Waals surface area (Å²) >= 11 is 7.54. The van der Waals surface area contributed by atoms with Gasteiger partial charge in [-0.05, 0) is 42.7 Å². The predicted molar refractivity (Wildman–Crippen MR) is 99.9 cm³/mol. The number of halogens is 1. The monoisotopic (exact) mass is 392 g/mol. The van der Waals surface area contributed by atoms with Crippen molar-refractivity contribution in [1.29, 1.82) is 0 Å². The van der Waals surface area contributed by atoms with Crippen molar-refractivity contribution < 1.29 is 23.8 Å². The molecule has 0 aromatic heterocycles. The van der Waals surface area contributed by atoms with Crippen LogP contribution in [0.25, 0.3) is 0 Å². The third-order valence-corrected chi connectivity index (χ3v) is 4.85. The minimum absolute atomic E-state index is 0.241. The quantitative estimate of drug-likeness (QED) is 0.430. The molecule has 1 aliphatic heterocycles. The van der Waals surface area contributed by atoms with Gasteiger partial charge in [0.2, 0.25) is 0 Å². The smallest absolute Gasteiger partial charge is 0.340 e. The van der Waals surface area contributed by atoms with Crippen molar-refractivity contribution in [2.75, 3.05) is 26.1 Å². The van der Waals surface area contributed by atoms with E-state index in [1.807, 2.05) is 12.3 Å². The molecule has 1 aliphatic rings. The number of Topliss-reactive ketones (excluding diaryl/α,β-unsaturated/α-hetero) is 1. The second-order valence-electron chi connectivity index (χ2n) is 5.56. The lowest BCUT2D eigenvalue weighted by atomic mass is 10.1. The van der Waals surface area contributed by atoms with Gasteiger partial charge in [-0.3, -0.25) is 4.79 Å². The van der Waals surface area contributed by atoms with Crippen LogP contribution in [0.4, 0.5) is 0 Å². The Balaban J connectivity index is 1.67. The molecular formula is C19H17ClO5S. The molecule has 0 spiro atoms. The number of benzene rings is 2. The van der Waals surface area contributed by atoms with E-state index in [9.17, 15) is 9.59 Å². The number of carbonyl (C=O) groups excluding carboxylic acids is 2. The number of carbonyl (C=O) groups is 2. The number of hydrogen-bond donors (Lipinski definition) is 0. The first-order chi connectivity index (χ1) is 12.6. The lowest BCUT2D eigenvalue weighted by Gasteiger charge is -2.10. The summed E-state index contributed by atoms with van der Waals surface area (Å²) in [7, 11) is 0. The van der Waals surface area contributed by atoms with E-state index >= 15 is 0 Å². The molecule has 5 nitrogen and oxygen atoms in total. The van der Waals surface area contributed by atoms with Crippen molar-refractivity contribution >= 4 is 35.1 Å². The summed E-state index contributed by atoms with van der Waals surface area (Å²) in [5, 5.41) is 0.288. The van der Waals surface area contributed by atoms with Crippen LogP contribution in [0.3, 0.4) is 0 Å². The van der Waals surface area contributed by atoms with Crippen LogP contribution in [0.1, 0.15) is 27.1 Å². The Morgan fingerprint density at radius 1 is 1.12 bits per heavy atom. The Hall–Kier alpha value is -2.18. The molecule has 136 valence electrons. The fourth-order valence-electron chi connectivity index (χ4n) is 2.42. The number of rotatable bonds is 5. The Morgan fingerprint density at radius 3 is 2.65 bits per heavy atom. The largest absolute Gasteiger partial charge is 0.490 e. The fraction of sp³-hybridized carbons (Fsp3) is 0.263. The van der Waals surface area contributed by atoms with Crippen molar-refractivity contribution in [1.82, 2.24) is 0 Å². The van der Waals surface area contributed by atoms with Crippen LogP contribution >= 0.6 is 23.4 Å². The summed E-state index contributed by atoms with van der Waals surface area (Å²) in [5.41, 5.74) is 0.635. The first-order valence-electron chi connectivity index (χ1n) is 8.02. The highest BCUT2D eigenvalue weighted by Gasteiger charge is 2.17. The molecule has 26 heavy (non-hydrogen) atoms. The van der Waals surface area contributed by atoms with E-state index in [4.69, 9.17) is 25.8 Å². The molecule has 0 fully saturated rings. The third-order valence-electron chi connectivity index (χ3n) is 3.80. The molecule has 0 amide bonds. The first-order valence-corrected chi connectivity index (χ1v) is 9.62. The van der Waals surface area contributed by atoms with Gasteiger partial charge in [0, 0.05) is 16.9 Å². The molecule has 0 unspecified atom stereocenters. The van der Waals surface area contributed by atoms with Crippen LogP contribution in [0.2, 0.25) is 5.02 Å². The number of thioether (sulfide) groups is 1. The number of esters is 1. The molecule has 1 heterocycles. The van der Waals surface area contributed by atoms with Crippen molar-refractivity contribution in [2.45, 2.75) is 11.3 Å². The van der Waals surface area contributed by atoms with E-state index in [0.29, 0.717) is 30.3 Å². The first kappa shape index (κ1) is 18.6. The number of ether oxygens (including phenoxy) is 3. The normalized spacial score (nSPS) is 13.0. The molecule has 3 rings (SSSR count). The van der Waals surface area contributed by atoms with Crippen molar-refractivity contribution in [3.8, 4) is 11.5 Å². The minimum Gasteiger partial charge on any atom is -0.490 e. The van der Waals surface area contributed by atoms with Gasteiger partial charge in [0.15, 0.2) is 23.9 Å². The van der Waals surface area contributed by atoms with Gasteiger partial charge in [0.1, 0.15) is 0 Å². The van der Waals surface area contributed by atoms with Crippen LogP contribution in [0.5, 0.6) is 11.5 Å². The fourth-order valence-corrected chi connectivity index (χ4v) is 3.05. The Bertz CT molecular complexity index is 837. The van der Waals surface area contributed by atoms with Crippen LogP contribution in [0.15, 0.2) is 41.3 Å². The molecular weight excluding hydrogens is 376 g/mol. The summed E-state index contributed by atoms with van der Waals surface area (Å²) in [6.45, 7) is 0.732. The summed E-state index contributed by atoms with van der Waals surface area (Å²) in [4.78, 5) is 25.5. The summed E-state index contributed by atoms with van der Waals surface area (Å²) in [6, 6.07) is 10.0. The number of fused-ring (bicyclic) bond motifs is 1. The highest BCUT2D eigenvalue weighted by molar-refractivity contribution is 7.98. The standard InChI is InChI=1S/C19H17ClO5S/c1-26-13-4-5-15(20)14(10-13)19(22)25-11-16(21)12-3-6-17-18(9-12)24-8-2-7-23-17/h3-6,9-10H,2,7-8,11H2,1H3. The third kappa shape index (κ3) is 4.31. The molecule has 0 saturated carbocycles. The zero-order chi connectivity index (χ0) is 18.5. The zero-order valence-corrected chi connectivity index (χ0v) is 15.7. The average molecular weight is 393 g/mol. The Labute approximate surface area is 160 Å². The summed E-state index contributed by atoms with van der Waals surface area (Å²) < 4.78 is 16.2. The minimum atomic E-state index is -0.631. The van der Waals surface area contributed by atoms with Crippen LogP contribution in [0, 0.1) is 0 Å². The molecule has 0 aliphatic carbocycles. The van der Waals surface area contributed by atoms with E-state index in [0.717, 1.165) is 11.3 Å². The van der Waals surface area contributed by atoms with E-state index < -0.39 is 5.97 Å². The number of hydrogen-bond acceptors (Lipinski definition) is 6. The molecule has 2 aromatic carbocycles. The summed E-state index contributed by atoms with van der Waals surface area (Å²) in [6.07, 6.45) is 2.68. The molecule has 7 heteroatoms. The van der Waals surface area contributed by atoms with E-state index in [-0.39, 0.29) is 23.0 Å². The molecule has 0 bridgehead atoms. The van der Waals surface area contributed by atoms with E-state index in [1.54, 1.807) is 30.3 Å². The maximum absolute atomic E-state index is 12.3. The average Bonchev–Trinajstić information content (AvgIpc) is 2.91. The molecule has 0 radical (unpaired) electrons. The molecule has 0 saturated heterocycles. The second-order valence-corrected chi connectivity index (χ2v) is 6.84. The van der Waals surface area contributed by atoms with Gasteiger partial charge in [-0.1, -0.05) is 11.6 Å². The van der Waals surface area contributed by atoms with E-state index in [2.05, 4.69) is 0 Å². The lowest BCUT2D eigenvalue weighted by Crippen LogP contribution is -2.15. The maximum atomic E-state index is 12.3. The van der Waals surface area contributed by atoms with Crippen molar-refractivity contribution in [2.24, 2.45) is 0 Å². The van der Waals surface area contributed by atoms with E-state index in [1.165, 1.54) is 11.8 Å². The van der Waals surface area contributed by atoms with Gasteiger partial charge < -0.3 is 14.2 Å². The lowest BCUT2D eigenvalue weighted by molar-refractivity contribution is 0.0474. The number of ketones is 1. The van der Waals surface area contributed by atoms with Gasteiger partial charge >= 0.3 is 5.97 Å². The van der Waals surface area contributed by atoms with Crippen LogP contribution < -0.4 is 9.47 Å².